The number of alkyl halides is 2. The molecule has 1 aromatic rings. The van der Waals surface area contributed by atoms with Crippen molar-refractivity contribution in [2.24, 2.45) is 5.73 Å². The van der Waals surface area contributed by atoms with E-state index in [1.807, 2.05) is 0 Å². The van der Waals surface area contributed by atoms with Gasteiger partial charge in [-0.05, 0) is 34.1 Å². The van der Waals surface area contributed by atoms with Gasteiger partial charge in [0, 0.05) is 5.56 Å². The number of rotatable bonds is 2. The molecule has 0 saturated heterocycles. The smallest absolute Gasteiger partial charge is 0.285 e. The van der Waals surface area contributed by atoms with Crippen molar-refractivity contribution < 1.29 is 13.9 Å². The topological polar surface area (TPSA) is 46.2 Å². The van der Waals surface area contributed by atoms with Crippen LogP contribution in [0.3, 0.4) is 0 Å². The normalized spacial score (nSPS) is 11.7. The maximum atomic E-state index is 13.0. The van der Waals surface area contributed by atoms with Gasteiger partial charge in [0.2, 0.25) is 0 Å². The summed E-state index contributed by atoms with van der Waals surface area (Å²) in [5, 5.41) is 9.06. The second-order valence-corrected chi connectivity index (χ2v) is 3.43. The van der Waals surface area contributed by atoms with Crippen LogP contribution in [0, 0.1) is 0 Å². The van der Waals surface area contributed by atoms with Crippen LogP contribution in [0.25, 0.3) is 0 Å². The lowest BCUT2D eigenvalue weighted by molar-refractivity contribution is 0.00586. The molecule has 0 unspecified atom stereocenters. The van der Waals surface area contributed by atoms with E-state index in [9.17, 15) is 8.78 Å². The number of hydrogen-bond donors (Lipinski definition) is 2. The summed E-state index contributed by atoms with van der Waals surface area (Å²) < 4.78 is 26.2. The van der Waals surface area contributed by atoms with E-state index in [2.05, 4.69) is 15.9 Å². The van der Waals surface area contributed by atoms with Crippen molar-refractivity contribution in [2.45, 2.75) is 5.92 Å². The second-order valence-electron chi connectivity index (χ2n) is 2.57. The van der Waals surface area contributed by atoms with Gasteiger partial charge in [-0.15, -0.1) is 0 Å². The van der Waals surface area contributed by atoms with Gasteiger partial charge in [0.15, 0.2) is 0 Å². The van der Waals surface area contributed by atoms with Crippen molar-refractivity contribution >= 4 is 15.9 Å². The average molecular weight is 252 g/mol. The first-order valence-electron chi connectivity index (χ1n) is 3.54. The SMILES string of the molecule is NCC(F)(F)c1ccc(O)c(Br)c1. The summed E-state index contributed by atoms with van der Waals surface area (Å²) in [6.45, 7) is -0.746. The molecule has 13 heavy (non-hydrogen) atoms. The molecule has 3 N–H and O–H groups in total. The predicted octanol–water partition coefficient (Wildman–Crippen LogP) is 2.21. The first-order chi connectivity index (χ1) is 5.97. The Morgan fingerprint density at radius 1 is 1.46 bits per heavy atom. The van der Waals surface area contributed by atoms with Gasteiger partial charge >= 0.3 is 0 Å². The molecular weight excluding hydrogens is 244 g/mol. The summed E-state index contributed by atoms with van der Waals surface area (Å²) in [5.74, 6) is -3.12. The number of nitrogens with two attached hydrogens (primary N) is 1. The lowest BCUT2D eigenvalue weighted by Gasteiger charge is -2.14. The highest BCUT2D eigenvalue weighted by molar-refractivity contribution is 9.10. The van der Waals surface area contributed by atoms with E-state index in [4.69, 9.17) is 10.8 Å². The van der Waals surface area contributed by atoms with Crippen LogP contribution >= 0.6 is 15.9 Å². The fraction of sp³-hybridized carbons (Fsp3) is 0.250. The Morgan fingerprint density at radius 3 is 2.54 bits per heavy atom. The van der Waals surface area contributed by atoms with E-state index in [1.54, 1.807) is 0 Å². The molecule has 0 atom stereocenters. The van der Waals surface area contributed by atoms with Crippen LogP contribution in [0.15, 0.2) is 22.7 Å². The Morgan fingerprint density at radius 2 is 2.08 bits per heavy atom. The van der Waals surface area contributed by atoms with Crippen LogP contribution in [0.5, 0.6) is 5.75 Å². The van der Waals surface area contributed by atoms with Crippen molar-refractivity contribution in [3.05, 3.63) is 28.2 Å². The summed E-state index contributed by atoms with van der Waals surface area (Å²) in [7, 11) is 0. The molecule has 0 fully saturated rings. The molecule has 0 heterocycles. The number of hydrogen-bond acceptors (Lipinski definition) is 2. The lowest BCUT2D eigenvalue weighted by Crippen LogP contribution is -2.24. The van der Waals surface area contributed by atoms with Crippen LogP contribution in [0.2, 0.25) is 0 Å². The van der Waals surface area contributed by atoms with Crippen molar-refractivity contribution in [3.8, 4) is 5.75 Å². The molecule has 0 aliphatic carbocycles. The Balaban J connectivity index is 3.10. The lowest BCUT2D eigenvalue weighted by atomic mass is 10.1. The Labute approximate surface area is 82.5 Å². The highest BCUT2D eigenvalue weighted by Crippen LogP contribution is 2.32. The number of benzene rings is 1. The quantitative estimate of drug-likeness (QED) is 0.847. The average Bonchev–Trinajstić information content (AvgIpc) is 2.09. The van der Waals surface area contributed by atoms with Crippen LogP contribution in [-0.2, 0) is 5.92 Å². The monoisotopic (exact) mass is 251 g/mol. The first-order valence-corrected chi connectivity index (χ1v) is 4.33. The molecule has 0 saturated carbocycles. The van der Waals surface area contributed by atoms with Gasteiger partial charge in [-0.3, -0.25) is 0 Å². The van der Waals surface area contributed by atoms with E-state index in [-0.39, 0.29) is 15.8 Å². The van der Waals surface area contributed by atoms with Crippen LogP contribution in [0.4, 0.5) is 8.78 Å². The van der Waals surface area contributed by atoms with Gasteiger partial charge in [0.05, 0.1) is 11.0 Å². The fourth-order valence-electron chi connectivity index (χ4n) is 0.852. The van der Waals surface area contributed by atoms with E-state index < -0.39 is 12.5 Å². The summed E-state index contributed by atoms with van der Waals surface area (Å²) in [5.41, 5.74) is 4.69. The largest absolute Gasteiger partial charge is 0.507 e. The van der Waals surface area contributed by atoms with Crippen molar-refractivity contribution in [3.63, 3.8) is 0 Å². The van der Waals surface area contributed by atoms with Crippen molar-refractivity contribution in [1.29, 1.82) is 0 Å². The van der Waals surface area contributed by atoms with Crippen LogP contribution in [-0.4, -0.2) is 11.7 Å². The van der Waals surface area contributed by atoms with Gasteiger partial charge in [0.25, 0.3) is 5.92 Å². The Kier molecular flexibility index (Phi) is 2.87. The van der Waals surface area contributed by atoms with Gasteiger partial charge in [0.1, 0.15) is 5.75 Å². The molecule has 72 valence electrons. The molecule has 0 radical (unpaired) electrons. The van der Waals surface area contributed by atoms with Crippen LogP contribution < -0.4 is 5.73 Å². The molecule has 1 rings (SSSR count). The zero-order valence-corrected chi connectivity index (χ0v) is 8.18. The number of halogens is 3. The predicted molar refractivity (Wildman–Crippen MR) is 48.8 cm³/mol. The molecule has 0 bridgehead atoms. The molecule has 1 aromatic carbocycles. The molecule has 0 aliphatic rings. The first kappa shape index (κ1) is 10.4. The standard InChI is InChI=1S/C8H8BrF2NO/c9-6-3-5(1-2-7(6)13)8(10,11)4-12/h1-3,13H,4,12H2. The fourth-order valence-corrected chi connectivity index (χ4v) is 1.23. The highest BCUT2D eigenvalue weighted by Gasteiger charge is 2.29. The van der Waals surface area contributed by atoms with Gasteiger partial charge in [-0.25, -0.2) is 0 Å². The number of phenols is 1. The van der Waals surface area contributed by atoms with Gasteiger partial charge in [-0.1, -0.05) is 0 Å². The third-order valence-corrected chi connectivity index (χ3v) is 2.26. The Bertz CT molecular complexity index is 317. The minimum Gasteiger partial charge on any atom is -0.507 e. The molecule has 0 aliphatic heterocycles. The number of aromatic hydroxyl groups is 1. The van der Waals surface area contributed by atoms with E-state index in [0.29, 0.717) is 0 Å². The molecule has 2 nitrogen and oxygen atoms in total. The highest BCUT2D eigenvalue weighted by atomic mass is 79.9. The van der Waals surface area contributed by atoms with Gasteiger partial charge in [-0.2, -0.15) is 8.78 Å². The van der Waals surface area contributed by atoms with E-state index in [1.165, 1.54) is 6.07 Å². The minimum absolute atomic E-state index is 0.0726. The molecular formula is C8H8BrF2NO. The zero-order valence-electron chi connectivity index (χ0n) is 6.60. The van der Waals surface area contributed by atoms with Gasteiger partial charge < -0.3 is 10.8 Å². The molecule has 0 spiro atoms. The second kappa shape index (κ2) is 3.59. The van der Waals surface area contributed by atoms with Crippen molar-refractivity contribution in [1.82, 2.24) is 0 Å². The molecule has 0 amide bonds. The molecule has 0 aromatic heterocycles. The maximum Gasteiger partial charge on any atom is 0.285 e. The van der Waals surface area contributed by atoms with E-state index in [0.717, 1.165) is 12.1 Å². The number of phenolic OH excluding ortho intramolecular Hbond substituents is 1. The third-order valence-electron chi connectivity index (χ3n) is 1.63. The summed E-state index contributed by atoms with van der Waals surface area (Å²) in [6.07, 6.45) is 0. The molecule has 5 heteroatoms. The summed E-state index contributed by atoms with van der Waals surface area (Å²) in [4.78, 5) is 0. The Hall–Kier alpha value is -0.680. The minimum atomic E-state index is -3.05. The van der Waals surface area contributed by atoms with Crippen molar-refractivity contribution in [2.75, 3.05) is 6.54 Å². The zero-order chi connectivity index (χ0) is 10.1. The van der Waals surface area contributed by atoms with Crippen LogP contribution in [0.1, 0.15) is 5.56 Å². The third kappa shape index (κ3) is 2.16. The summed E-state index contributed by atoms with van der Waals surface area (Å²) >= 11 is 2.94. The van der Waals surface area contributed by atoms with E-state index >= 15 is 0 Å². The maximum absolute atomic E-state index is 13.0. The summed E-state index contributed by atoms with van der Waals surface area (Å²) in [6, 6.07) is 3.50.